The second-order valence-corrected chi connectivity index (χ2v) is 7.47. The maximum absolute atomic E-state index is 12.8. The number of nitrogens with zero attached hydrogens (tertiary/aromatic N) is 1. The third-order valence-corrected chi connectivity index (χ3v) is 6.03. The van der Waals surface area contributed by atoms with Crippen LogP contribution in [0.2, 0.25) is 0 Å². The molecule has 1 aliphatic rings. The van der Waals surface area contributed by atoms with E-state index < -0.39 is 10.0 Å². The van der Waals surface area contributed by atoms with Gasteiger partial charge in [-0.05, 0) is 37.5 Å². The summed E-state index contributed by atoms with van der Waals surface area (Å²) in [7, 11) is -3.50. The van der Waals surface area contributed by atoms with E-state index in [2.05, 4.69) is 9.97 Å². The van der Waals surface area contributed by atoms with Crippen molar-refractivity contribution in [3.8, 4) is 0 Å². The highest BCUT2D eigenvalue weighted by Crippen LogP contribution is 2.25. The predicted molar refractivity (Wildman–Crippen MR) is 80.9 cm³/mol. The maximum Gasteiger partial charge on any atom is 0.323 e. The van der Waals surface area contributed by atoms with Crippen LogP contribution < -0.4 is 5.69 Å². The van der Waals surface area contributed by atoms with Crippen LogP contribution in [-0.2, 0) is 10.0 Å². The number of rotatable bonds is 2. The van der Waals surface area contributed by atoms with Gasteiger partial charge < -0.3 is 9.97 Å². The molecule has 0 atom stereocenters. The van der Waals surface area contributed by atoms with E-state index in [1.54, 1.807) is 23.4 Å². The van der Waals surface area contributed by atoms with E-state index >= 15 is 0 Å². The first kappa shape index (κ1) is 14.3. The fraction of sp³-hybridized carbons (Fsp3) is 0.500. The monoisotopic (exact) mass is 309 g/mol. The third kappa shape index (κ3) is 2.63. The first-order valence-electron chi connectivity index (χ1n) is 7.21. The standard InChI is InChI=1S/C14H19N3O3S/c1-10-8-11-12(16-14(18)15-11)9-13(10)21(19,20)17-6-4-2-3-5-7-17/h8-9H,2-7H2,1H3,(H2,15,16,18). The Hall–Kier alpha value is -1.60. The minimum Gasteiger partial charge on any atom is -0.306 e. The van der Waals surface area contributed by atoms with Crippen LogP contribution in [0.4, 0.5) is 0 Å². The van der Waals surface area contributed by atoms with Crippen molar-refractivity contribution in [3.05, 3.63) is 28.2 Å². The minimum atomic E-state index is -3.50. The Morgan fingerprint density at radius 2 is 1.57 bits per heavy atom. The molecule has 1 aromatic carbocycles. The van der Waals surface area contributed by atoms with E-state index in [4.69, 9.17) is 0 Å². The molecule has 0 spiro atoms. The number of nitrogens with one attached hydrogen (secondary N) is 2. The second kappa shape index (κ2) is 5.31. The van der Waals surface area contributed by atoms with Crippen LogP contribution in [0.3, 0.4) is 0 Å². The van der Waals surface area contributed by atoms with E-state index in [9.17, 15) is 13.2 Å². The van der Waals surface area contributed by atoms with Crippen molar-refractivity contribution in [2.45, 2.75) is 37.5 Å². The summed E-state index contributed by atoms with van der Waals surface area (Å²) >= 11 is 0. The van der Waals surface area contributed by atoms with Gasteiger partial charge >= 0.3 is 5.69 Å². The SMILES string of the molecule is Cc1cc2[nH]c(=O)[nH]c2cc1S(=O)(=O)N1CCCCCC1. The lowest BCUT2D eigenvalue weighted by Gasteiger charge is -2.21. The van der Waals surface area contributed by atoms with Gasteiger partial charge in [-0.25, -0.2) is 13.2 Å². The Kier molecular flexibility index (Phi) is 3.62. The van der Waals surface area contributed by atoms with Crippen LogP contribution >= 0.6 is 0 Å². The molecule has 21 heavy (non-hydrogen) atoms. The number of hydrogen-bond acceptors (Lipinski definition) is 3. The zero-order valence-electron chi connectivity index (χ0n) is 12.0. The topological polar surface area (TPSA) is 86.0 Å². The molecular formula is C14H19N3O3S. The molecule has 0 unspecified atom stereocenters. The third-order valence-electron chi connectivity index (χ3n) is 3.99. The van der Waals surface area contributed by atoms with Gasteiger partial charge in [0, 0.05) is 13.1 Å². The van der Waals surface area contributed by atoms with Crippen molar-refractivity contribution in [1.82, 2.24) is 14.3 Å². The molecule has 1 aromatic heterocycles. The number of sulfonamides is 1. The van der Waals surface area contributed by atoms with Gasteiger partial charge in [-0.15, -0.1) is 0 Å². The molecule has 6 nitrogen and oxygen atoms in total. The van der Waals surface area contributed by atoms with Crippen LogP contribution in [0.25, 0.3) is 11.0 Å². The molecule has 1 saturated heterocycles. The summed E-state index contributed by atoms with van der Waals surface area (Å²) < 4.78 is 27.2. The molecule has 2 aromatic rings. The summed E-state index contributed by atoms with van der Waals surface area (Å²) in [5.41, 5.74) is 1.49. The molecule has 0 saturated carbocycles. The molecule has 114 valence electrons. The van der Waals surface area contributed by atoms with E-state index in [0.29, 0.717) is 29.7 Å². The number of H-pyrrole nitrogens is 2. The second-order valence-electron chi connectivity index (χ2n) is 5.56. The number of aromatic amines is 2. The average molecular weight is 309 g/mol. The van der Waals surface area contributed by atoms with E-state index in [1.165, 1.54) is 0 Å². The summed E-state index contributed by atoms with van der Waals surface area (Å²) in [4.78, 5) is 16.9. The number of fused-ring (bicyclic) bond motifs is 1. The molecule has 0 aliphatic carbocycles. The zero-order chi connectivity index (χ0) is 15.0. The predicted octanol–water partition coefficient (Wildman–Crippen LogP) is 1.73. The zero-order valence-corrected chi connectivity index (χ0v) is 12.8. The average Bonchev–Trinajstić information content (AvgIpc) is 2.65. The molecule has 1 aliphatic heterocycles. The van der Waals surface area contributed by atoms with Crippen molar-refractivity contribution in [3.63, 3.8) is 0 Å². The van der Waals surface area contributed by atoms with Crippen LogP contribution in [0.15, 0.2) is 21.8 Å². The molecule has 1 fully saturated rings. The van der Waals surface area contributed by atoms with Gasteiger partial charge in [0.25, 0.3) is 0 Å². The molecular weight excluding hydrogens is 290 g/mol. The Morgan fingerprint density at radius 3 is 2.19 bits per heavy atom. The molecule has 0 bridgehead atoms. The molecule has 7 heteroatoms. The fourth-order valence-corrected chi connectivity index (χ4v) is 4.62. The first-order chi connectivity index (χ1) is 9.98. The summed E-state index contributed by atoms with van der Waals surface area (Å²) in [6, 6.07) is 3.26. The molecule has 2 N–H and O–H groups in total. The molecule has 3 rings (SSSR count). The number of aromatic nitrogens is 2. The minimum absolute atomic E-state index is 0.284. The van der Waals surface area contributed by atoms with Gasteiger partial charge in [0.05, 0.1) is 15.9 Å². The highest BCUT2D eigenvalue weighted by atomic mass is 32.2. The lowest BCUT2D eigenvalue weighted by atomic mass is 10.2. The largest absolute Gasteiger partial charge is 0.323 e. The molecule has 0 amide bonds. The summed E-state index contributed by atoms with van der Waals surface area (Å²) in [6.07, 6.45) is 3.97. The Balaban J connectivity index is 2.08. The fourth-order valence-electron chi connectivity index (χ4n) is 2.87. The van der Waals surface area contributed by atoms with Crippen molar-refractivity contribution in [2.75, 3.05) is 13.1 Å². The Bertz CT molecular complexity index is 812. The van der Waals surface area contributed by atoms with Gasteiger partial charge in [0.15, 0.2) is 0 Å². The Labute approximate surface area is 123 Å². The highest BCUT2D eigenvalue weighted by Gasteiger charge is 2.27. The Morgan fingerprint density at radius 1 is 1.00 bits per heavy atom. The summed E-state index contributed by atoms with van der Waals surface area (Å²) in [5.74, 6) is 0. The van der Waals surface area contributed by atoms with Gasteiger partial charge in [-0.1, -0.05) is 12.8 Å². The first-order valence-corrected chi connectivity index (χ1v) is 8.65. The van der Waals surface area contributed by atoms with E-state index in [0.717, 1.165) is 25.7 Å². The number of benzene rings is 1. The van der Waals surface area contributed by atoms with Crippen LogP contribution in [0.5, 0.6) is 0 Å². The van der Waals surface area contributed by atoms with Crippen molar-refractivity contribution < 1.29 is 8.42 Å². The lowest BCUT2D eigenvalue weighted by Crippen LogP contribution is -2.32. The van der Waals surface area contributed by atoms with Gasteiger partial charge in [0.2, 0.25) is 10.0 Å². The quantitative estimate of drug-likeness (QED) is 0.886. The van der Waals surface area contributed by atoms with Gasteiger partial charge in [0.1, 0.15) is 0 Å². The van der Waals surface area contributed by atoms with Crippen LogP contribution in [-0.4, -0.2) is 35.8 Å². The summed E-state index contributed by atoms with van der Waals surface area (Å²) in [5, 5.41) is 0. The normalized spacial score (nSPS) is 18.0. The van der Waals surface area contributed by atoms with E-state index in [1.807, 2.05) is 0 Å². The van der Waals surface area contributed by atoms with Gasteiger partial charge in [-0.2, -0.15) is 4.31 Å². The number of aryl methyl sites for hydroxylation is 1. The van der Waals surface area contributed by atoms with Gasteiger partial charge in [-0.3, -0.25) is 0 Å². The van der Waals surface area contributed by atoms with E-state index in [-0.39, 0.29) is 10.6 Å². The number of hydrogen-bond donors (Lipinski definition) is 2. The summed E-state index contributed by atoms with van der Waals surface area (Å²) in [6.45, 7) is 2.91. The highest BCUT2D eigenvalue weighted by molar-refractivity contribution is 7.89. The van der Waals surface area contributed by atoms with Crippen LogP contribution in [0, 0.1) is 6.92 Å². The smallest absolute Gasteiger partial charge is 0.306 e. The number of imidazole rings is 1. The maximum atomic E-state index is 12.8. The van der Waals surface area contributed by atoms with Crippen molar-refractivity contribution in [1.29, 1.82) is 0 Å². The van der Waals surface area contributed by atoms with Crippen molar-refractivity contribution in [2.24, 2.45) is 0 Å². The molecule has 0 radical (unpaired) electrons. The van der Waals surface area contributed by atoms with Crippen molar-refractivity contribution >= 4 is 21.1 Å². The molecule has 2 heterocycles. The van der Waals surface area contributed by atoms with Crippen LogP contribution in [0.1, 0.15) is 31.2 Å². The lowest BCUT2D eigenvalue weighted by molar-refractivity contribution is 0.423.